The molecule has 1 nitrogen and oxygen atoms in total. The second kappa shape index (κ2) is 4.90. The number of ether oxygens (including phenoxy) is 1. The molecule has 0 aromatic carbocycles. The van der Waals surface area contributed by atoms with Gasteiger partial charge in [0.25, 0.3) is 0 Å². The zero-order valence-corrected chi connectivity index (χ0v) is 10.9. The van der Waals surface area contributed by atoms with Gasteiger partial charge in [0.15, 0.2) is 0 Å². The number of hydrogen-bond donors (Lipinski definition) is 1. The van der Waals surface area contributed by atoms with Gasteiger partial charge in [0, 0.05) is 4.75 Å². The van der Waals surface area contributed by atoms with Gasteiger partial charge in [0.1, 0.15) is 0 Å². The lowest BCUT2D eigenvalue weighted by atomic mass is 10.0. The fraction of sp³-hybridized carbons (Fsp3) is 1.00. The Morgan fingerprint density at radius 3 is 2.00 bits per heavy atom. The summed E-state index contributed by atoms with van der Waals surface area (Å²) in [6, 6.07) is 0. The summed E-state index contributed by atoms with van der Waals surface area (Å²) in [5.74, 6) is 0.491. The van der Waals surface area contributed by atoms with E-state index in [2.05, 4.69) is 26.5 Å². The first-order valence-corrected chi connectivity index (χ1v) is 5.67. The molecule has 0 spiro atoms. The number of hydrogen-bond acceptors (Lipinski definition) is 2. The summed E-state index contributed by atoms with van der Waals surface area (Å²) in [5, 5.41) is 0. The molecule has 0 fully saturated rings. The van der Waals surface area contributed by atoms with Gasteiger partial charge in [-0.2, -0.15) is 12.6 Å². The van der Waals surface area contributed by atoms with Crippen LogP contribution in [0.25, 0.3) is 0 Å². The minimum absolute atomic E-state index is 0.00231. The standard InChI is InChI=1S/C10H21ClOS/c1-6-10(5,13)8(7-11)12-9(2,3)4/h8,13H,6-7H2,1-5H3/t8-,10?/m0/s1. The predicted molar refractivity (Wildman–Crippen MR) is 63.0 cm³/mol. The van der Waals surface area contributed by atoms with E-state index in [4.69, 9.17) is 16.3 Å². The van der Waals surface area contributed by atoms with Gasteiger partial charge in [-0.3, -0.25) is 0 Å². The topological polar surface area (TPSA) is 9.23 Å². The lowest BCUT2D eigenvalue weighted by Gasteiger charge is -2.36. The van der Waals surface area contributed by atoms with E-state index in [0.29, 0.717) is 5.88 Å². The lowest BCUT2D eigenvalue weighted by Crippen LogP contribution is -2.42. The number of thiol groups is 1. The van der Waals surface area contributed by atoms with Crippen LogP contribution in [0.15, 0.2) is 0 Å². The van der Waals surface area contributed by atoms with E-state index in [0.717, 1.165) is 6.42 Å². The van der Waals surface area contributed by atoms with Crippen molar-refractivity contribution in [2.24, 2.45) is 0 Å². The molecule has 0 aliphatic rings. The molecule has 0 bridgehead atoms. The Kier molecular flexibility index (Phi) is 5.13. The first kappa shape index (κ1) is 13.6. The zero-order valence-electron chi connectivity index (χ0n) is 9.22. The smallest absolute Gasteiger partial charge is 0.0858 e. The van der Waals surface area contributed by atoms with Gasteiger partial charge in [0.05, 0.1) is 17.6 Å². The molecule has 2 atom stereocenters. The van der Waals surface area contributed by atoms with Gasteiger partial charge >= 0.3 is 0 Å². The molecule has 0 radical (unpaired) electrons. The van der Waals surface area contributed by atoms with E-state index in [1.54, 1.807) is 0 Å². The van der Waals surface area contributed by atoms with Crippen LogP contribution in [0.3, 0.4) is 0 Å². The van der Waals surface area contributed by atoms with Crippen molar-refractivity contribution in [3.63, 3.8) is 0 Å². The third-order valence-electron chi connectivity index (χ3n) is 2.05. The van der Waals surface area contributed by atoms with Crippen LogP contribution in [0.2, 0.25) is 0 Å². The van der Waals surface area contributed by atoms with Crippen LogP contribution in [0.1, 0.15) is 41.0 Å². The third-order valence-corrected chi connectivity index (χ3v) is 2.93. The van der Waals surface area contributed by atoms with E-state index in [1.807, 2.05) is 20.8 Å². The number of halogens is 1. The summed E-state index contributed by atoms with van der Waals surface area (Å²) < 4.78 is 5.69. The molecular formula is C10H21ClOS. The summed E-state index contributed by atoms with van der Waals surface area (Å²) in [6.45, 7) is 10.3. The molecule has 80 valence electrons. The molecule has 0 aromatic heterocycles. The minimum Gasteiger partial charge on any atom is -0.370 e. The van der Waals surface area contributed by atoms with Crippen molar-refractivity contribution in [1.29, 1.82) is 0 Å². The summed E-state index contributed by atoms with van der Waals surface area (Å²) in [4.78, 5) is 0. The maximum Gasteiger partial charge on any atom is 0.0858 e. The highest BCUT2D eigenvalue weighted by atomic mass is 35.5. The van der Waals surface area contributed by atoms with Crippen LogP contribution in [-0.4, -0.2) is 22.3 Å². The van der Waals surface area contributed by atoms with Crippen LogP contribution >= 0.6 is 24.2 Å². The maximum absolute atomic E-state index is 5.86. The van der Waals surface area contributed by atoms with Crippen molar-refractivity contribution >= 4 is 24.2 Å². The van der Waals surface area contributed by atoms with Crippen molar-refractivity contribution in [2.45, 2.75) is 57.5 Å². The molecule has 1 unspecified atom stereocenters. The van der Waals surface area contributed by atoms with Crippen molar-refractivity contribution in [2.75, 3.05) is 5.88 Å². The SMILES string of the molecule is CCC(C)(S)[C@H](CCl)OC(C)(C)C. The van der Waals surface area contributed by atoms with Gasteiger partial charge < -0.3 is 4.74 Å². The largest absolute Gasteiger partial charge is 0.370 e. The quantitative estimate of drug-likeness (QED) is 0.568. The normalized spacial score (nSPS) is 19.6. The fourth-order valence-corrected chi connectivity index (χ4v) is 1.63. The highest BCUT2D eigenvalue weighted by molar-refractivity contribution is 7.81. The molecule has 3 heteroatoms. The van der Waals surface area contributed by atoms with Gasteiger partial charge in [-0.05, 0) is 34.1 Å². The van der Waals surface area contributed by atoms with Gasteiger partial charge in [-0.1, -0.05) is 6.92 Å². The van der Waals surface area contributed by atoms with Crippen LogP contribution in [0.5, 0.6) is 0 Å². The Balaban J connectivity index is 4.35. The van der Waals surface area contributed by atoms with E-state index >= 15 is 0 Å². The molecule has 0 aromatic rings. The third kappa shape index (κ3) is 5.14. The van der Waals surface area contributed by atoms with Crippen LogP contribution in [0.4, 0.5) is 0 Å². The number of alkyl halides is 1. The van der Waals surface area contributed by atoms with E-state index in [-0.39, 0.29) is 16.5 Å². The molecule has 0 saturated heterocycles. The first-order valence-electron chi connectivity index (χ1n) is 4.69. The lowest BCUT2D eigenvalue weighted by molar-refractivity contribution is -0.0635. The van der Waals surface area contributed by atoms with Gasteiger partial charge in [0.2, 0.25) is 0 Å². The molecule has 0 aliphatic carbocycles. The molecule has 0 aliphatic heterocycles. The van der Waals surface area contributed by atoms with E-state index in [9.17, 15) is 0 Å². The predicted octanol–water partition coefficient (Wildman–Crippen LogP) is 3.51. The maximum atomic E-state index is 5.86. The molecule has 13 heavy (non-hydrogen) atoms. The molecule has 0 N–H and O–H groups in total. The van der Waals surface area contributed by atoms with Gasteiger partial charge in [-0.15, -0.1) is 11.6 Å². The molecule has 0 amide bonds. The Bertz CT molecular complexity index is 151. The Morgan fingerprint density at radius 2 is 1.77 bits per heavy atom. The Labute approximate surface area is 92.6 Å². The van der Waals surface area contributed by atoms with E-state index < -0.39 is 0 Å². The first-order chi connectivity index (χ1) is 5.73. The van der Waals surface area contributed by atoms with Crippen molar-refractivity contribution in [3.8, 4) is 0 Å². The summed E-state index contributed by atoms with van der Waals surface area (Å²) >= 11 is 10.4. The van der Waals surface area contributed by atoms with Crippen LogP contribution in [-0.2, 0) is 4.74 Å². The Morgan fingerprint density at radius 1 is 1.31 bits per heavy atom. The second-order valence-electron chi connectivity index (χ2n) is 4.58. The average molecular weight is 225 g/mol. The second-order valence-corrected chi connectivity index (χ2v) is 5.91. The van der Waals surface area contributed by atoms with Crippen molar-refractivity contribution < 1.29 is 4.74 Å². The number of rotatable bonds is 4. The Hall–Kier alpha value is 0.600. The van der Waals surface area contributed by atoms with Crippen LogP contribution < -0.4 is 0 Å². The average Bonchev–Trinajstić information content (AvgIpc) is 1.98. The zero-order chi connectivity index (χ0) is 10.7. The minimum atomic E-state index is -0.154. The highest BCUT2D eigenvalue weighted by Gasteiger charge is 2.32. The van der Waals surface area contributed by atoms with E-state index in [1.165, 1.54) is 0 Å². The molecular weight excluding hydrogens is 204 g/mol. The fourth-order valence-electron chi connectivity index (χ4n) is 0.979. The highest BCUT2D eigenvalue weighted by Crippen LogP contribution is 2.29. The summed E-state index contributed by atoms with van der Waals surface area (Å²) in [7, 11) is 0. The summed E-state index contributed by atoms with van der Waals surface area (Å²) in [6.07, 6.45) is 0.950. The van der Waals surface area contributed by atoms with Gasteiger partial charge in [-0.25, -0.2) is 0 Å². The molecule has 0 saturated carbocycles. The van der Waals surface area contributed by atoms with Crippen LogP contribution in [0, 0.1) is 0 Å². The molecule has 0 rings (SSSR count). The van der Waals surface area contributed by atoms with Crippen molar-refractivity contribution in [1.82, 2.24) is 0 Å². The molecule has 0 heterocycles. The summed E-state index contributed by atoms with van der Waals surface area (Å²) in [5.41, 5.74) is -0.154. The van der Waals surface area contributed by atoms with Crippen molar-refractivity contribution in [3.05, 3.63) is 0 Å². The monoisotopic (exact) mass is 224 g/mol.